The van der Waals surface area contributed by atoms with Gasteiger partial charge in [0, 0.05) is 65.4 Å². The molecule has 12 nitrogen and oxygen atoms in total. The smallest absolute Gasteiger partial charge is 0.261 e. The number of imide groups is 2. The highest BCUT2D eigenvalue weighted by atomic mass is 16.5. The minimum atomic E-state index is -0.178. The summed E-state index contributed by atoms with van der Waals surface area (Å²) in [5.41, 5.74) is 2.05. The second-order valence-electron chi connectivity index (χ2n) is 14.3. The van der Waals surface area contributed by atoms with Gasteiger partial charge in [-0.1, -0.05) is 37.1 Å². The van der Waals surface area contributed by atoms with E-state index in [0.717, 1.165) is 143 Å². The number of amides is 4. The molecule has 2 aromatic rings. The maximum atomic E-state index is 12.9. The fraction of sp³-hybridized carbons (Fsp3) is 0.600. The van der Waals surface area contributed by atoms with Crippen LogP contribution in [0.25, 0.3) is 0 Å². The first-order valence-electron chi connectivity index (χ1n) is 19.4. The molecular formula is C40H56N6O6. The Morgan fingerprint density at radius 1 is 0.423 bits per heavy atom. The van der Waals surface area contributed by atoms with Crippen LogP contribution in [0.15, 0.2) is 48.5 Å². The molecule has 4 amide bonds. The van der Waals surface area contributed by atoms with Gasteiger partial charge in [0.05, 0.1) is 48.7 Å². The first kappa shape index (κ1) is 38.2. The maximum absolute atomic E-state index is 12.9. The molecule has 4 aliphatic heterocycles. The molecule has 4 aliphatic rings. The highest BCUT2D eigenvalue weighted by molar-refractivity contribution is 6.22. The summed E-state index contributed by atoms with van der Waals surface area (Å²) in [5, 5.41) is 0. The Hall–Kier alpha value is -3.52. The number of carbonyl (C=O) groups is 4. The molecule has 0 aliphatic carbocycles. The molecule has 0 bridgehead atoms. The predicted octanol–water partition coefficient (Wildman–Crippen LogP) is 3.19. The van der Waals surface area contributed by atoms with E-state index in [9.17, 15) is 19.2 Å². The summed E-state index contributed by atoms with van der Waals surface area (Å²) in [4.78, 5) is 64.3. The summed E-state index contributed by atoms with van der Waals surface area (Å²) in [5.74, 6) is -0.711. The van der Waals surface area contributed by atoms with Crippen molar-refractivity contribution in [1.29, 1.82) is 0 Å². The van der Waals surface area contributed by atoms with Gasteiger partial charge < -0.3 is 19.3 Å². The number of morpholine rings is 2. The quantitative estimate of drug-likeness (QED) is 0.141. The number of hydrogen-bond acceptors (Lipinski definition) is 10. The monoisotopic (exact) mass is 716 g/mol. The zero-order chi connectivity index (χ0) is 36.1. The summed E-state index contributed by atoms with van der Waals surface area (Å²) < 4.78 is 11.1. The van der Waals surface area contributed by atoms with Gasteiger partial charge in [-0.15, -0.1) is 0 Å². The van der Waals surface area contributed by atoms with Crippen molar-refractivity contribution in [3.05, 3.63) is 70.8 Å². The van der Waals surface area contributed by atoms with Gasteiger partial charge in [0.15, 0.2) is 0 Å². The first-order valence-corrected chi connectivity index (χ1v) is 19.4. The van der Waals surface area contributed by atoms with Crippen molar-refractivity contribution in [2.75, 3.05) is 118 Å². The van der Waals surface area contributed by atoms with E-state index >= 15 is 0 Å². The number of unbranched alkanes of at least 4 members (excludes halogenated alkanes) is 3. The third-order valence-corrected chi connectivity index (χ3v) is 10.8. The Balaban J connectivity index is 0.934. The van der Waals surface area contributed by atoms with E-state index in [1.54, 1.807) is 24.3 Å². The Kier molecular flexibility index (Phi) is 14.3. The van der Waals surface area contributed by atoms with E-state index in [-0.39, 0.29) is 23.6 Å². The summed E-state index contributed by atoms with van der Waals surface area (Å²) >= 11 is 0. The van der Waals surface area contributed by atoms with E-state index in [2.05, 4.69) is 19.6 Å². The van der Waals surface area contributed by atoms with Crippen LogP contribution >= 0.6 is 0 Å². The molecule has 2 aromatic carbocycles. The van der Waals surface area contributed by atoms with Crippen LogP contribution in [0.5, 0.6) is 0 Å². The molecule has 12 heteroatoms. The molecule has 0 aromatic heterocycles. The predicted molar refractivity (Wildman–Crippen MR) is 199 cm³/mol. The second-order valence-corrected chi connectivity index (χ2v) is 14.3. The van der Waals surface area contributed by atoms with Crippen LogP contribution in [-0.4, -0.2) is 171 Å². The highest BCUT2D eigenvalue weighted by Gasteiger charge is 2.35. The Labute approximate surface area is 308 Å². The van der Waals surface area contributed by atoms with Crippen LogP contribution in [-0.2, 0) is 9.47 Å². The maximum Gasteiger partial charge on any atom is 0.261 e. The van der Waals surface area contributed by atoms with Gasteiger partial charge in [-0.3, -0.25) is 38.8 Å². The standard InChI is InChI=1S/C40H56N6O6/c47-37-33-11-3-4-12-34(33)38(48)45(37)19-9-17-41(21-23-43-25-29-51-30-26-43)15-7-1-2-8-16-42(22-24-44-27-31-52-32-28-44)18-10-20-46-39(49)35-13-5-6-14-36(35)40(46)50/h3-6,11-14H,1-2,7-10,15-32H2. The zero-order valence-electron chi connectivity index (χ0n) is 30.7. The van der Waals surface area contributed by atoms with E-state index in [1.807, 2.05) is 24.3 Å². The summed E-state index contributed by atoms with van der Waals surface area (Å²) in [6, 6.07) is 14.2. The molecule has 6 rings (SSSR count). The van der Waals surface area contributed by atoms with Gasteiger partial charge in [-0.2, -0.15) is 0 Å². The fourth-order valence-corrected chi connectivity index (χ4v) is 7.70. The number of rotatable bonds is 21. The van der Waals surface area contributed by atoms with Crippen LogP contribution in [0, 0.1) is 0 Å². The van der Waals surface area contributed by atoms with Gasteiger partial charge >= 0.3 is 0 Å². The molecule has 4 heterocycles. The van der Waals surface area contributed by atoms with Gasteiger partial charge in [0.1, 0.15) is 0 Å². The Morgan fingerprint density at radius 2 is 0.750 bits per heavy atom. The highest BCUT2D eigenvalue weighted by Crippen LogP contribution is 2.24. The fourth-order valence-electron chi connectivity index (χ4n) is 7.70. The number of hydrogen-bond donors (Lipinski definition) is 0. The van der Waals surface area contributed by atoms with Crippen molar-refractivity contribution in [2.45, 2.75) is 38.5 Å². The molecule has 2 fully saturated rings. The first-order chi connectivity index (χ1) is 25.5. The van der Waals surface area contributed by atoms with Gasteiger partial charge in [-0.25, -0.2) is 0 Å². The molecule has 0 atom stereocenters. The lowest BCUT2D eigenvalue weighted by Gasteiger charge is -2.30. The molecule has 0 saturated carbocycles. The Morgan fingerprint density at radius 3 is 1.10 bits per heavy atom. The number of nitrogens with zero attached hydrogens (tertiary/aromatic N) is 6. The van der Waals surface area contributed by atoms with Crippen molar-refractivity contribution in [1.82, 2.24) is 29.4 Å². The van der Waals surface area contributed by atoms with E-state index in [4.69, 9.17) is 9.47 Å². The number of ether oxygens (including phenoxy) is 2. The van der Waals surface area contributed by atoms with Crippen molar-refractivity contribution in [3.8, 4) is 0 Å². The minimum Gasteiger partial charge on any atom is -0.379 e. The van der Waals surface area contributed by atoms with Crippen LogP contribution in [0.3, 0.4) is 0 Å². The average Bonchev–Trinajstić information content (AvgIpc) is 3.57. The van der Waals surface area contributed by atoms with Crippen molar-refractivity contribution < 1.29 is 28.7 Å². The number of carbonyl (C=O) groups excluding carboxylic acids is 4. The largest absolute Gasteiger partial charge is 0.379 e. The molecule has 282 valence electrons. The number of fused-ring (bicyclic) bond motifs is 2. The SMILES string of the molecule is O=C1c2ccccc2C(=O)N1CCCN(CCCCCCN(CCCN1C(=O)c2ccccc2C1=O)CCN1CCOCC1)CCN1CCOCC1. The normalized spacial score (nSPS) is 18.3. The molecule has 0 N–H and O–H groups in total. The number of benzene rings is 2. The molecule has 0 radical (unpaired) electrons. The zero-order valence-corrected chi connectivity index (χ0v) is 30.7. The summed E-state index contributed by atoms with van der Waals surface area (Å²) in [6.07, 6.45) is 5.99. The van der Waals surface area contributed by atoms with Crippen LogP contribution < -0.4 is 0 Å². The van der Waals surface area contributed by atoms with Gasteiger partial charge in [0.25, 0.3) is 23.6 Å². The Bertz CT molecular complexity index is 1330. The molecular weight excluding hydrogens is 660 g/mol. The van der Waals surface area contributed by atoms with E-state index < -0.39 is 0 Å². The minimum absolute atomic E-state index is 0.178. The van der Waals surface area contributed by atoms with Gasteiger partial charge in [-0.05, 0) is 76.1 Å². The lowest BCUT2D eigenvalue weighted by atomic mass is 10.1. The molecule has 0 spiro atoms. The lowest BCUT2D eigenvalue weighted by Crippen LogP contribution is -2.42. The van der Waals surface area contributed by atoms with E-state index in [0.29, 0.717) is 35.3 Å². The lowest BCUT2D eigenvalue weighted by molar-refractivity contribution is 0.0328. The average molecular weight is 717 g/mol. The van der Waals surface area contributed by atoms with Crippen molar-refractivity contribution in [2.24, 2.45) is 0 Å². The summed E-state index contributed by atoms with van der Waals surface area (Å²) in [7, 11) is 0. The molecule has 52 heavy (non-hydrogen) atoms. The summed E-state index contributed by atoms with van der Waals surface area (Å²) in [6.45, 7) is 15.5. The topological polar surface area (TPSA) is 106 Å². The third kappa shape index (κ3) is 10.1. The van der Waals surface area contributed by atoms with E-state index in [1.165, 1.54) is 9.80 Å². The van der Waals surface area contributed by atoms with Crippen molar-refractivity contribution in [3.63, 3.8) is 0 Å². The van der Waals surface area contributed by atoms with Crippen molar-refractivity contribution >= 4 is 23.6 Å². The molecule has 2 saturated heterocycles. The molecule has 0 unspecified atom stereocenters. The second kappa shape index (κ2) is 19.5. The van der Waals surface area contributed by atoms with Crippen LogP contribution in [0.1, 0.15) is 80.0 Å². The van der Waals surface area contributed by atoms with Crippen LogP contribution in [0.2, 0.25) is 0 Å². The third-order valence-electron chi connectivity index (χ3n) is 10.8. The van der Waals surface area contributed by atoms with Gasteiger partial charge in [0.2, 0.25) is 0 Å². The van der Waals surface area contributed by atoms with Crippen LogP contribution in [0.4, 0.5) is 0 Å².